The molecule has 0 aromatic heterocycles. The number of likely N-dealkylation sites (N-methyl/N-ethyl adjacent to an activating group) is 1. The van der Waals surface area contributed by atoms with Gasteiger partial charge in [-0.25, -0.2) is 0 Å². The Kier molecular flexibility index (Phi) is 4.67. The van der Waals surface area contributed by atoms with Crippen molar-refractivity contribution >= 4 is 0 Å². The van der Waals surface area contributed by atoms with Crippen molar-refractivity contribution in [1.82, 2.24) is 5.32 Å². The Hall–Kier alpha value is -0.120. The van der Waals surface area contributed by atoms with Crippen LogP contribution in [0.4, 0.5) is 0 Å². The highest BCUT2D eigenvalue weighted by molar-refractivity contribution is 4.64. The summed E-state index contributed by atoms with van der Waals surface area (Å²) in [5, 5.41) is 20.2. The fraction of sp³-hybridized carbons (Fsp3) is 1.00. The van der Waals surface area contributed by atoms with Gasteiger partial charge in [-0.15, -0.1) is 0 Å². The molecule has 0 bridgehead atoms. The van der Waals surface area contributed by atoms with Gasteiger partial charge in [-0.3, -0.25) is 0 Å². The van der Waals surface area contributed by atoms with Crippen LogP contribution in [0.15, 0.2) is 0 Å². The average molecular weight is 133 g/mol. The summed E-state index contributed by atoms with van der Waals surface area (Å²) in [4.78, 5) is 0. The molecule has 0 aliphatic rings. The van der Waals surface area contributed by atoms with Gasteiger partial charge in [-0.2, -0.15) is 0 Å². The molecule has 1 atom stereocenters. The molecule has 0 aliphatic carbocycles. The lowest BCUT2D eigenvalue weighted by Gasteiger charge is -2.16. The van der Waals surface area contributed by atoms with Crippen molar-refractivity contribution in [3.05, 3.63) is 0 Å². The number of hydrogen-bond acceptors (Lipinski definition) is 3. The Morgan fingerprint density at radius 1 is 1.33 bits per heavy atom. The van der Waals surface area contributed by atoms with Crippen LogP contribution in [-0.4, -0.2) is 29.1 Å². The molecule has 0 fully saturated rings. The zero-order chi connectivity index (χ0) is 7.28. The fourth-order valence-corrected chi connectivity index (χ4v) is 0.723. The summed E-state index contributed by atoms with van der Waals surface area (Å²) in [6.07, 6.45) is -0.485. The third kappa shape index (κ3) is 3.46. The first-order valence-electron chi connectivity index (χ1n) is 3.31. The molecule has 0 rings (SSSR count). The van der Waals surface area contributed by atoms with Gasteiger partial charge in [0.25, 0.3) is 0 Å². The van der Waals surface area contributed by atoms with Crippen LogP contribution >= 0.6 is 0 Å². The molecule has 0 saturated heterocycles. The number of hydrogen-bond donors (Lipinski definition) is 3. The van der Waals surface area contributed by atoms with E-state index in [1.54, 1.807) is 0 Å². The van der Waals surface area contributed by atoms with Gasteiger partial charge in [-0.05, 0) is 13.0 Å². The molecule has 0 amide bonds. The monoisotopic (exact) mass is 133 g/mol. The molecule has 56 valence electrons. The van der Waals surface area contributed by atoms with Gasteiger partial charge in [0, 0.05) is 0 Å². The second kappa shape index (κ2) is 4.73. The Morgan fingerprint density at radius 3 is 2.00 bits per heavy atom. The predicted octanol–water partition coefficient (Wildman–Crippen LogP) is -0.315. The van der Waals surface area contributed by atoms with E-state index in [0.29, 0.717) is 0 Å². The van der Waals surface area contributed by atoms with Crippen molar-refractivity contribution in [2.24, 2.45) is 0 Å². The highest BCUT2D eigenvalue weighted by atomic mass is 16.5. The third-order valence-electron chi connectivity index (χ3n) is 1.27. The first kappa shape index (κ1) is 8.88. The van der Waals surface area contributed by atoms with Gasteiger partial charge >= 0.3 is 0 Å². The van der Waals surface area contributed by atoms with Crippen LogP contribution in [0.1, 0.15) is 20.3 Å². The smallest absolute Gasteiger partial charge is 0.167 e. The highest BCUT2D eigenvalue weighted by Gasteiger charge is 2.10. The molecule has 0 aliphatic heterocycles. The molecule has 0 radical (unpaired) electrons. The fourth-order valence-electron chi connectivity index (χ4n) is 0.723. The summed E-state index contributed by atoms with van der Waals surface area (Å²) in [5.41, 5.74) is 0. The third-order valence-corrected chi connectivity index (χ3v) is 1.27. The Balaban J connectivity index is 3.41. The summed E-state index contributed by atoms with van der Waals surface area (Å²) in [5.74, 6) is 0. The molecule has 3 nitrogen and oxygen atoms in total. The van der Waals surface area contributed by atoms with Crippen LogP contribution < -0.4 is 5.32 Å². The quantitative estimate of drug-likeness (QED) is 0.461. The minimum Gasteiger partial charge on any atom is -0.367 e. The van der Waals surface area contributed by atoms with E-state index in [0.717, 1.165) is 13.0 Å². The van der Waals surface area contributed by atoms with Crippen LogP contribution in [0, 0.1) is 0 Å². The lowest BCUT2D eigenvalue weighted by Crippen LogP contribution is -2.38. The molecule has 0 aromatic rings. The van der Waals surface area contributed by atoms with Crippen molar-refractivity contribution in [3.63, 3.8) is 0 Å². The van der Waals surface area contributed by atoms with Crippen molar-refractivity contribution < 1.29 is 10.2 Å². The minimum absolute atomic E-state index is 0.171. The number of aliphatic hydroxyl groups is 2. The second-order valence-electron chi connectivity index (χ2n) is 1.99. The first-order chi connectivity index (χ1) is 4.22. The van der Waals surface area contributed by atoms with Crippen LogP contribution in [0.25, 0.3) is 0 Å². The van der Waals surface area contributed by atoms with E-state index in [-0.39, 0.29) is 6.04 Å². The zero-order valence-electron chi connectivity index (χ0n) is 5.96. The SMILES string of the molecule is CCNC(CC)C(O)O. The Morgan fingerprint density at radius 2 is 1.89 bits per heavy atom. The van der Waals surface area contributed by atoms with Crippen molar-refractivity contribution in [2.45, 2.75) is 32.6 Å². The zero-order valence-corrected chi connectivity index (χ0v) is 5.96. The molecule has 0 saturated carbocycles. The maximum atomic E-state index is 8.64. The van der Waals surface area contributed by atoms with Crippen molar-refractivity contribution in [3.8, 4) is 0 Å². The molecule has 0 aromatic carbocycles. The summed E-state index contributed by atoms with van der Waals surface area (Å²) in [6.45, 7) is 4.62. The normalized spacial score (nSPS) is 14.3. The molecule has 0 spiro atoms. The number of nitrogens with one attached hydrogen (secondary N) is 1. The van der Waals surface area contributed by atoms with Crippen LogP contribution in [0.5, 0.6) is 0 Å². The van der Waals surface area contributed by atoms with Gasteiger partial charge < -0.3 is 15.5 Å². The van der Waals surface area contributed by atoms with E-state index < -0.39 is 6.29 Å². The summed E-state index contributed by atoms with van der Waals surface area (Å²) < 4.78 is 0. The van der Waals surface area contributed by atoms with Gasteiger partial charge in [0.05, 0.1) is 6.04 Å². The molecule has 1 unspecified atom stereocenters. The van der Waals surface area contributed by atoms with E-state index in [1.807, 2.05) is 13.8 Å². The number of aliphatic hydroxyl groups excluding tert-OH is 1. The standard InChI is InChI=1S/C6H15NO2/c1-3-5(6(8)9)7-4-2/h5-9H,3-4H2,1-2H3. The maximum Gasteiger partial charge on any atom is 0.167 e. The largest absolute Gasteiger partial charge is 0.367 e. The molecular formula is C6H15NO2. The Bertz CT molecular complexity index is 66.1. The lowest BCUT2D eigenvalue weighted by molar-refractivity contribution is -0.0672. The van der Waals surface area contributed by atoms with Crippen LogP contribution in [0.2, 0.25) is 0 Å². The average Bonchev–Trinajstić information content (AvgIpc) is 1.82. The highest BCUT2D eigenvalue weighted by Crippen LogP contribution is 1.93. The van der Waals surface area contributed by atoms with Gasteiger partial charge in [0.1, 0.15) is 0 Å². The first-order valence-corrected chi connectivity index (χ1v) is 3.31. The molecular weight excluding hydrogens is 118 g/mol. The summed E-state index contributed by atoms with van der Waals surface area (Å²) >= 11 is 0. The second-order valence-corrected chi connectivity index (χ2v) is 1.99. The van der Waals surface area contributed by atoms with Gasteiger partial charge in [-0.1, -0.05) is 13.8 Å². The van der Waals surface area contributed by atoms with Crippen LogP contribution in [-0.2, 0) is 0 Å². The van der Waals surface area contributed by atoms with Crippen molar-refractivity contribution in [2.75, 3.05) is 6.54 Å². The van der Waals surface area contributed by atoms with E-state index in [4.69, 9.17) is 10.2 Å². The Labute approximate surface area is 55.7 Å². The molecule has 3 heteroatoms. The molecule has 3 N–H and O–H groups in total. The lowest BCUT2D eigenvalue weighted by atomic mass is 10.2. The summed E-state index contributed by atoms with van der Waals surface area (Å²) in [6, 6.07) is -0.171. The van der Waals surface area contributed by atoms with Gasteiger partial charge in [0.15, 0.2) is 6.29 Å². The van der Waals surface area contributed by atoms with E-state index >= 15 is 0 Å². The van der Waals surface area contributed by atoms with E-state index in [1.165, 1.54) is 0 Å². The topological polar surface area (TPSA) is 52.5 Å². The minimum atomic E-state index is -1.23. The van der Waals surface area contributed by atoms with E-state index in [2.05, 4.69) is 5.32 Å². The van der Waals surface area contributed by atoms with E-state index in [9.17, 15) is 0 Å². The maximum absolute atomic E-state index is 8.64. The van der Waals surface area contributed by atoms with Gasteiger partial charge in [0.2, 0.25) is 0 Å². The molecule has 0 heterocycles. The summed E-state index contributed by atoms with van der Waals surface area (Å²) in [7, 11) is 0. The molecule has 9 heavy (non-hydrogen) atoms. The van der Waals surface area contributed by atoms with Crippen molar-refractivity contribution in [1.29, 1.82) is 0 Å². The van der Waals surface area contributed by atoms with Crippen LogP contribution in [0.3, 0.4) is 0 Å². The predicted molar refractivity (Wildman–Crippen MR) is 36.0 cm³/mol. The number of rotatable bonds is 4.